The molecule has 5 aromatic rings. The van der Waals surface area contributed by atoms with Crippen LogP contribution < -0.4 is 0 Å². The van der Waals surface area contributed by atoms with Crippen LogP contribution in [0.2, 0.25) is 0 Å². The highest BCUT2D eigenvalue weighted by atomic mass is 32.2. The first-order valence-electron chi connectivity index (χ1n) is 9.99. The SMILES string of the molecule is C=CSc1ccc(-c2nccc3sc4c5cc(C)oc5ccc4c23)cc1C(C)(C)C. The predicted molar refractivity (Wildman–Crippen MR) is 132 cm³/mol. The van der Waals surface area contributed by atoms with Gasteiger partial charge in [0.25, 0.3) is 0 Å². The van der Waals surface area contributed by atoms with Gasteiger partial charge in [0, 0.05) is 42.2 Å². The van der Waals surface area contributed by atoms with Gasteiger partial charge in [0.15, 0.2) is 0 Å². The van der Waals surface area contributed by atoms with E-state index in [9.17, 15) is 0 Å². The van der Waals surface area contributed by atoms with Gasteiger partial charge in [-0.1, -0.05) is 45.2 Å². The number of fused-ring (bicyclic) bond motifs is 5. The molecule has 0 amide bonds. The Morgan fingerprint density at radius 2 is 1.90 bits per heavy atom. The fourth-order valence-corrected chi connectivity index (χ4v) is 6.12. The van der Waals surface area contributed by atoms with Gasteiger partial charge < -0.3 is 4.42 Å². The van der Waals surface area contributed by atoms with Crippen molar-refractivity contribution < 1.29 is 4.42 Å². The van der Waals surface area contributed by atoms with Crippen molar-refractivity contribution in [3.63, 3.8) is 0 Å². The molecule has 0 bridgehead atoms. The van der Waals surface area contributed by atoms with Gasteiger partial charge >= 0.3 is 0 Å². The number of nitrogens with zero attached hydrogens (tertiary/aromatic N) is 1. The Labute approximate surface area is 184 Å². The minimum absolute atomic E-state index is 0.0342. The molecule has 0 atom stereocenters. The fourth-order valence-electron chi connectivity index (χ4n) is 4.09. The Bertz CT molecular complexity index is 1430. The fraction of sp³-hybridized carbons (Fsp3) is 0.192. The van der Waals surface area contributed by atoms with Crippen LogP contribution in [0.15, 0.2) is 70.0 Å². The molecule has 0 fully saturated rings. The summed E-state index contributed by atoms with van der Waals surface area (Å²) in [6.45, 7) is 12.7. The zero-order valence-corrected chi connectivity index (χ0v) is 19.2. The molecule has 4 heteroatoms. The van der Waals surface area contributed by atoms with Crippen molar-refractivity contribution in [2.45, 2.75) is 38.0 Å². The second-order valence-corrected chi connectivity index (χ2v) is 10.7. The normalized spacial score (nSPS) is 12.3. The third-order valence-corrected chi connectivity index (χ3v) is 7.42. The van der Waals surface area contributed by atoms with Gasteiger partial charge in [0.2, 0.25) is 0 Å². The molecule has 5 rings (SSSR count). The second-order valence-electron chi connectivity index (χ2n) is 8.59. The van der Waals surface area contributed by atoms with Gasteiger partial charge in [-0.3, -0.25) is 4.98 Å². The van der Waals surface area contributed by atoms with Crippen molar-refractivity contribution in [3.8, 4) is 11.3 Å². The van der Waals surface area contributed by atoms with Crippen LogP contribution in [0.1, 0.15) is 32.1 Å². The van der Waals surface area contributed by atoms with Crippen LogP contribution in [0.25, 0.3) is 42.4 Å². The Morgan fingerprint density at radius 3 is 2.67 bits per heavy atom. The Kier molecular flexibility index (Phi) is 4.53. The third-order valence-electron chi connectivity index (χ3n) is 5.44. The summed E-state index contributed by atoms with van der Waals surface area (Å²) in [6, 6.07) is 15.2. The molecule has 0 unspecified atom stereocenters. The second kappa shape index (κ2) is 7.00. The zero-order chi connectivity index (χ0) is 21.0. The van der Waals surface area contributed by atoms with Crippen molar-refractivity contribution in [3.05, 3.63) is 72.0 Å². The maximum atomic E-state index is 5.86. The van der Waals surface area contributed by atoms with Gasteiger partial charge in [-0.25, -0.2) is 0 Å². The van der Waals surface area contributed by atoms with Crippen LogP contribution in [-0.2, 0) is 5.41 Å². The van der Waals surface area contributed by atoms with E-state index in [1.54, 1.807) is 11.8 Å². The molecule has 3 aromatic heterocycles. The summed E-state index contributed by atoms with van der Waals surface area (Å²) in [5, 5.41) is 5.55. The van der Waals surface area contributed by atoms with Crippen LogP contribution >= 0.6 is 23.1 Å². The van der Waals surface area contributed by atoms with Crippen LogP contribution in [-0.4, -0.2) is 4.98 Å². The molecule has 0 spiro atoms. The van der Waals surface area contributed by atoms with E-state index in [-0.39, 0.29) is 5.41 Å². The van der Waals surface area contributed by atoms with Crippen LogP contribution in [0.5, 0.6) is 0 Å². The summed E-state index contributed by atoms with van der Waals surface area (Å²) in [4.78, 5) is 6.09. The molecule has 150 valence electrons. The number of hydrogen-bond donors (Lipinski definition) is 0. The number of aryl methyl sites for hydroxylation is 1. The Balaban J connectivity index is 1.81. The summed E-state index contributed by atoms with van der Waals surface area (Å²) >= 11 is 3.50. The molecule has 2 nitrogen and oxygen atoms in total. The average molecular weight is 430 g/mol. The highest BCUT2D eigenvalue weighted by Gasteiger charge is 2.21. The topological polar surface area (TPSA) is 26.0 Å². The molecule has 30 heavy (non-hydrogen) atoms. The summed E-state index contributed by atoms with van der Waals surface area (Å²) in [5.74, 6) is 0.943. The minimum atomic E-state index is 0.0342. The molecule has 0 saturated heterocycles. The number of pyridine rings is 1. The number of furan rings is 1. The third kappa shape index (κ3) is 3.06. The quantitative estimate of drug-likeness (QED) is 0.268. The number of aromatic nitrogens is 1. The minimum Gasteiger partial charge on any atom is -0.461 e. The first-order chi connectivity index (χ1) is 14.4. The number of thiophene rings is 1. The number of hydrogen-bond acceptors (Lipinski definition) is 4. The van der Waals surface area contributed by atoms with Gasteiger partial charge in [-0.2, -0.15) is 0 Å². The molecule has 0 aliphatic carbocycles. The van der Waals surface area contributed by atoms with E-state index in [1.807, 2.05) is 29.9 Å². The summed E-state index contributed by atoms with van der Waals surface area (Å²) in [5.41, 5.74) is 4.49. The summed E-state index contributed by atoms with van der Waals surface area (Å²) < 4.78 is 8.38. The average Bonchev–Trinajstić information content (AvgIpc) is 3.27. The molecule has 0 aliphatic rings. The summed E-state index contributed by atoms with van der Waals surface area (Å²) in [6.07, 6.45) is 1.92. The first kappa shape index (κ1) is 19.4. The van der Waals surface area contributed by atoms with Crippen LogP contribution in [0.3, 0.4) is 0 Å². The lowest BCUT2D eigenvalue weighted by Crippen LogP contribution is -2.12. The molecule has 0 radical (unpaired) electrons. The molecular formula is C26H23NOS2. The lowest BCUT2D eigenvalue weighted by atomic mass is 9.85. The Hall–Kier alpha value is -2.56. The number of rotatable bonds is 3. The number of thioether (sulfide) groups is 1. The van der Waals surface area contributed by atoms with Crippen molar-refractivity contribution in [1.82, 2.24) is 4.98 Å². The smallest absolute Gasteiger partial charge is 0.135 e. The van der Waals surface area contributed by atoms with Crippen molar-refractivity contribution in [1.29, 1.82) is 0 Å². The molecule has 0 N–H and O–H groups in total. The predicted octanol–water partition coefficient (Wildman–Crippen LogP) is 8.70. The van der Waals surface area contributed by atoms with Gasteiger partial charge in [0.1, 0.15) is 11.3 Å². The Morgan fingerprint density at radius 1 is 1.07 bits per heavy atom. The van der Waals surface area contributed by atoms with E-state index >= 15 is 0 Å². The lowest BCUT2D eigenvalue weighted by molar-refractivity contribution is 0.578. The highest BCUT2D eigenvalue weighted by molar-refractivity contribution is 8.02. The van der Waals surface area contributed by atoms with Crippen molar-refractivity contribution in [2.75, 3.05) is 0 Å². The van der Waals surface area contributed by atoms with Crippen LogP contribution in [0, 0.1) is 6.92 Å². The van der Waals surface area contributed by atoms with Gasteiger partial charge in [-0.05, 0) is 59.7 Å². The van der Waals surface area contributed by atoms with E-state index in [0.29, 0.717) is 0 Å². The molecule has 3 heterocycles. The van der Waals surface area contributed by atoms with E-state index in [1.165, 1.54) is 36.0 Å². The first-order valence-corrected chi connectivity index (χ1v) is 11.7. The van der Waals surface area contributed by atoms with E-state index < -0.39 is 0 Å². The van der Waals surface area contributed by atoms with Crippen molar-refractivity contribution in [2.24, 2.45) is 0 Å². The standard InChI is InChI=1S/C26H23NOS2/c1-6-29-21-10-7-16(14-19(21)26(3,4)5)24-23-17-8-9-20-18(13-15(2)28-20)25(17)30-22(23)11-12-27-24/h6-14H,1H2,2-5H3. The maximum Gasteiger partial charge on any atom is 0.135 e. The van der Waals surface area contributed by atoms with E-state index in [4.69, 9.17) is 9.40 Å². The van der Waals surface area contributed by atoms with Gasteiger partial charge in [0.05, 0.1) is 5.69 Å². The molecular weight excluding hydrogens is 406 g/mol. The number of benzene rings is 2. The van der Waals surface area contributed by atoms with Gasteiger partial charge in [-0.15, -0.1) is 11.3 Å². The summed E-state index contributed by atoms with van der Waals surface area (Å²) in [7, 11) is 0. The molecule has 0 aliphatic heterocycles. The largest absolute Gasteiger partial charge is 0.461 e. The molecule has 2 aromatic carbocycles. The van der Waals surface area contributed by atoms with Crippen molar-refractivity contribution >= 4 is 54.2 Å². The van der Waals surface area contributed by atoms with E-state index in [0.717, 1.165) is 22.6 Å². The monoisotopic (exact) mass is 429 g/mol. The maximum absolute atomic E-state index is 5.86. The lowest BCUT2D eigenvalue weighted by Gasteiger charge is -2.23. The van der Waals surface area contributed by atoms with E-state index in [2.05, 4.69) is 69.8 Å². The molecule has 0 saturated carbocycles. The zero-order valence-electron chi connectivity index (χ0n) is 17.6. The highest BCUT2D eigenvalue weighted by Crippen LogP contribution is 2.43. The van der Waals surface area contributed by atoms with Crippen LogP contribution in [0.4, 0.5) is 0 Å².